The van der Waals surface area contributed by atoms with Gasteiger partial charge in [0, 0.05) is 19.1 Å². The summed E-state index contributed by atoms with van der Waals surface area (Å²) in [5, 5.41) is 14.3. The van der Waals surface area contributed by atoms with E-state index in [0.29, 0.717) is 13.2 Å². The van der Waals surface area contributed by atoms with Crippen molar-refractivity contribution in [3.63, 3.8) is 0 Å². The van der Waals surface area contributed by atoms with Crippen molar-refractivity contribution in [2.75, 3.05) is 33.4 Å². The van der Waals surface area contributed by atoms with Gasteiger partial charge in [-0.15, -0.1) is 0 Å². The summed E-state index contributed by atoms with van der Waals surface area (Å²) in [4.78, 5) is 10.4. The number of carboxylic acid groups (broad SMARTS) is 1. The Hall–Kier alpha value is -0.810. The van der Waals surface area contributed by atoms with Gasteiger partial charge in [-0.1, -0.05) is 0 Å². The van der Waals surface area contributed by atoms with E-state index >= 15 is 0 Å². The summed E-state index contributed by atoms with van der Waals surface area (Å²) >= 11 is 0. The quantitative estimate of drug-likeness (QED) is 0.612. The first-order valence-electron chi connectivity index (χ1n) is 4.85. The Balaban J connectivity index is 2.46. The van der Waals surface area contributed by atoms with Crippen LogP contribution in [0.1, 0.15) is 12.8 Å². The molecular weight excluding hydrogens is 184 g/mol. The molecule has 0 aromatic heterocycles. The SMILES string of the molecule is COCC1(CNC(=O)O)CCNCC1. The van der Waals surface area contributed by atoms with E-state index < -0.39 is 6.09 Å². The lowest BCUT2D eigenvalue weighted by molar-refractivity contribution is 0.0537. The van der Waals surface area contributed by atoms with E-state index in [0.717, 1.165) is 25.9 Å². The molecule has 0 spiro atoms. The number of carbonyl (C=O) groups is 1. The summed E-state index contributed by atoms with van der Waals surface area (Å²) in [7, 11) is 1.66. The molecule has 0 aromatic carbocycles. The molecule has 1 heterocycles. The van der Waals surface area contributed by atoms with Crippen molar-refractivity contribution in [1.29, 1.82) is 0 Å². The second-order valence-corrected chi connectivity index (χ2v) is 3.84. The summed E-state index contributed by atoms with van der Waals surface area (Å²) in [5.74, 6) is 0. The molecule has 0 bridgehead atoms. The van der Waals surface area contributed by atoms with Gasteiger partial charge in [-0.3, -0.25) is 0 Å². The fraction of sp³-hybridized carbons (Fsp3) is 0.889. The monoisotopic (exact) mass is 202 g/mol. The fourth-order valence-corrected chi connectivity index (χ4v) is 1.90. The van der Waals surface area contributed by atoms with Gasteiger partial charge in [-0.2, -0.15) is 0 Å². The highest BCUT2D eigenvalue weighted by Gasteiger charge is 2.32. The Bertz CT molecular complexity index is 185. The van der Waals surface area contributed by atoms with Gasteiger partial charge < -0.3 is 20.5 Å². The molecular formula is C9H18N2O3. The third-order valence-electron chi connectivity index (χ3n) is 2.73. The van der Waals surface area contributed by atoms with Gasteiger partial charge in [0.2, 0.25) is 0 Å². The zero-order valence-electron chi connectivity index (χ0n) is 8.51. The maximum atomic E-state index is 10.4. The van der Waals surface area contributed by atoms with Crippen LogP contribution in [0.15, 0.2) is 0 Å². The molecule has 1 rings (SSSR count). The lowest BCUT2D eigenvalue weighted by Gasteiger charge is -2.36. The maximum Gasteiger partial charge on any atom is 0.404 e. The van der Waals surface area contributed by atoms with Gasteiger partial charge in [-0.05, 0) is 25.9 Å². The molecule has 0 aliphatic carbocycles. The van der Waals surface area contributed by atoms with Crippen LogP contribution in [0, 0.1) is 5.41 Å². The lowest BCUT2D eigenvalue weighted by Crippen LogP contribution is -2.46. The van der Waals surface area contributed by atoms with Crippen LogP contribution in [-0.4, -0.2) is 44.6 Å². The van der Waals surface area contributed by atoms with E-state index in [-0.39, 0.29) is 5.41 Å². The number of rotatable bonds is 4. The second-order valence-electron chi connectivity index (χ2n) is 3.84. The number of amides is 1. The topological polar surface area (TPSA) is 70.6 Å². The summed E-state index contributed by atoms with van der Waals surface area (Å²) in [6.07, 6.45) is 0.960. The van der Waals surface area contributed by atoms with Crippen LogP contribution < -0.4 is 10.6 Å². The number of hydrogen-bond acceptors (Lipinski definition) is 3. The minimum atomic E-state index is -0.959. The van der Waals surface area contributed by atoms with Crippen molar-refractivity contribution in [3.8, 4) is 0 Å². The molecule has 0 aromatic rings. The number of piperidine rings is 1. The van der Waals surface area contributed by atoms with Crippen LogP contribution in [0.5, 0.6) is 0 Å². The Morgan fingerprint density at radius 2 is 2.21 bits per heavy atom. The van der Waals surface area contributed by atoms with E-state index in [4.69, 9.17) is 9.84 Å². The van der Waals surface area contributed by atoms with Crippen molar-refractivity contribution in [2.45, 2.75) is 12.8 Å². The standard InChI is InChI=1S/C9H18N2O3/c1-14-7-9(6-11-8(12)13)2-4-10-5-3-9/h10-11H,2-7H2,1H3,(H,12,13). The van der Waals surface area contributed by atoms with E-state index in [2.05, 4.69) is 10.6 Å². The highest BCUT2D eigenvalue weighted by Crippen LogP contribution is 2.28. The Morgan fingerprint density at radius 3 is 2.71 bits per heavy atom. The van der Waals surface area contributed by atoms with Crippen molar-refractivity contribution in [2.24, 2.45) is 5.41 Å². The van der Waals surface area contributed by atoms with Gasteiger partial charge in [-0.25, -0.2) is 4.79 Å². The van der Waals surface area contributed by atoms with Gasteiger partial charge in [0.1, 0.15) is 0 Å². The van der Waals surface area contributed by atoms with Crippen LogP contribution >= 0.6 is 0 Å². The number of ether oxygens (including phenoxy) is 1. The summed E-state index contributed by atoms with van der Waals surface area (Å²) in [6, 6.07) is 0. The molecule has 1 saturated heterocycles. The smallest absolute Gasteiger partial charge is 0.404 e. The normalized spacial score (nSPS) is 20.4. The molecule has 0 unspecified atom stereocenters. The zero-order chi connectivity index (χ0) is 10.4. The average molecular weight is 202 g/mol. The Kier molecular flexibility index (Phi) is 4.16. The first-order chi connectivity index (χ1) is 6.68. The first-order valence-corrected chi connectivity index (χ1v) is 4.85. The van der Waals surface area contributed by atoms with E-state index in [1.807, 2.05) is 0 Å². The van der Waals surface area contributed by atoms with Gasteiger partial charge in [0.05, 0.1) is 6.61 Å². The molecule has 5 nitrogen and oxygen atoms in total. The zero-order valence-corrected chi connectivity index (χ0v) is 8.51. The predicted molar refractivity (Wildman–Crippen MR) is 52.4 cm³/mol. The number of methoxy groups -OCH3 is 1. The predicted octanol–water partition coefficient (Wildman–Crippen LogP) is 0.270. The molecule has 14 heavy (non-hydrogen) atoms. The third kappa shape index (κ3) is 3.16. The highest BCUT2D eigenvalue weighted by atomic mass is 16.5. The summed E-state index contributed by atoms with van der Waals surface area (Å²) in [6.45, 7) is 2.97. The third-order valence-corrected chi connectivity index (χ3v) is 2.73. The van der Waals surface area contributed by atoms with E-state index in [1.54, 1.807) is 7.11 Å². The Morgan fingerprint density at radius 1 is 1.57 bits per heavy atom. The van der Waals surface area contributed by atoms with Crippen molar-refractivity contribution < 1.29 is 14.6 Å². The molecule has 0 saturated carbocycles. The molecule has 1 aliphatic rings. The highest BCUT2D eigenvalue weighted by molar-refractivity contribution is 5.64. The number of nitrogens with one attached hydrogen (secondary N) is 2. The van der Waals surface area contributed by atoms with E-state index in [1.165, 1.54) is 0 Å². The molecule has 5 heteroatoms. The molecule has 3 N–H and O–H groups in total. The summed E-state index contributed by atoms with van der Waals surface area (Å²) < 4.78 is 5.16. The molecule has 1 fully saturated rings. The number of hydrogen-bond donors (Lipinski definition) is 3. The molecule has 1 aliphatic heterocycles. The molecule has 82 valence electrons. The van der Waals surface area contributed by atoms with Crippen LogP contribution in [0.2, 0.25) is 0 Å². The van der Waals surface area contributed by atoms with Gasteiger partial charge in [0.25, 0.3) is 0 Å². The van der Waals surface area contributed by atoms with Crippen molar-refractivity contribution >= 4 is 6.09 Å². The average Bonchev–Trinajstić information content (AvgIpc) is 2.17. The van der Waals surface area contributed by atoms with Crippen LogP contribution in [0.4, 0.5) is 4.79 Å². The minimum Gasteiger partial charge on any atom is -0.465 e. The second kappa shape index (κ2) is 5.17. The molecule has 0 atom stereocenters. The first kappa shape index (κ1) is 11.3. The maximum absolute atomic E-state index is 10.4. The van der Waals surface area contributed by atoms with Crippen molar-refractivity contribution in [1.82, 2.24) is 10.6 Å². The minimum absolute atomic E-state index is 0.0155. The van der Waals surface area contributed by atoms with Gasteiger partial charge >= 0.3 is 6.09 Å². The molecule has 1 amide bonds. The van der Waals surface area contributed by atoms with Crippen LogP contribution in [0.3, 0.4) is 0 Å². The summed E-state index contributed by atoms with van der Waals surface area (Å²) in [5.41, 5.74) is -0.0155. The fourth-order valence-electron chi connectivity index (χ4n) is 1.90. The van der Waals surface area contributed by atoms with Crippen LogP contribution in [-0.2, 0) is 4.74 Å². The molecule has 0 radical (unpaired) electrons. The Labute approximate surface area is 83.8 Å². The van der Waals surface area contributed by atoms with Gasteiger partial charge in [0.15, 0.2) is 0 Å². The largest absolute Gasteiger partial charge is 0.465 e. The lowest BCUT2D eigenvalue weighted by atomic mass is 9.79. The van der Waals surface area contributed by atoms with E-state index in [9.17, 15) is 4.79 Å². The van der Waals surface area contributed by atoms with Crippen molar-refractivity contribution in [3.05, 3.63) is 0 Å². The van der Waals surface area contributed by atoms with Crippen LogP contribution in [0.25, 0.3) is 0 Å².